The summed E-state index contributed by atoms with van der Waals surface area (Å²) >= 11 is 0. The first-order valence-corrected chi connectivity index (χ1v) is 9.40. The Morgan fingerprint density at radius 1 is 1.38 bits per heavy atom. The summed E-state index contributed by atoms with van der Waals surface area (Å²) in [5.74, 6) is 0.777. The molecule has 6 heteroatoms. The van der Waals surface area contributed by atoms with Gasteiger partial charge in [0.2, 0.25) is 0 Å². The van der Waals surface area contributed by atoms with E-state index in [-0.39, 0.29) is 17.6 Å². The van der Waals surface area contributed by atoms with Gasteiger partial charge in [-0.25, -0.2) is 4.98 Å². The van der Waals surface area contributed by atoms with Gasteiger partial charge in [-0.15, -0.1) is 0 Å². The van der Waals surface area contributed by atoms with Crippen LogP contribution in [0.1, 0.15) is 54.0 Å². The summed E-state index contributed by atoms with van der Waals surface area (Å²) in [6.45, 7) is 4.05. The lowest BCUT2D eigenvalue weighted by molar-refractivity contribution is -0.0196. The van der Waals surface area contributed by atoms with Crippen molar-refractivity contribution in [2.24, 2.45) is 0 Å². The number of imidazole rings is 1. The van der Waals surface area contributed by atoms with Crippen LogP contribution in [0, 0.1) is 0 Å². The van der Waals surface area contributed by atoms with Crippen molar-refractivity contribution in [3.8, 4) is 5.75 Å². The number of benzene rings is 1. The number of nitrogens with one attached hydrogen (secondary N) is 2. The number of hydrogen-bond donors (Lipinski definition) is 2. The number of hydrogen-bond acceptors (Lipinski definition) is 4. The maximum atomic E-state index is 12.8. The first-order valence-electron chi connectivity index (χ1n) is 9.40. The van der Waals surface area contributed by atoms with Gasteiger partial charge >= 0.3 is 0 Å². The third-order valence-electron chi connectivity index (χ3n) is 5.69. The molecule has 26 heavy (non-hydrogen) atoms. The topological polar surface area (TPSA) is 70.2 Å². The van der Waals surface area contributed by atoms with E-state index in [4.69, 9.17) is 4.74 Å². The van der Waals surface area contributed by atoms with Gasteiger partial charge in [0.15, 0.2) is 0 Å². The first-order chi connectivity index (χ1) is 12.6. The molecule has 1 aromatic heterocycles. The van der Waals surface area contributed by atoms with E-state index in [9.17, 15) is 4.79 Å². The van der Waals surface area contributed by atoms with Gasteiger partial charge in [0.25, 0.3) is 5.91 Å². The Kier molecular flexibility index (Phi) is 4.44. The van der Waals surface area contributed by atoms with E-state index < -0.39 is 0 Å². The van der Waals surface area contributed by atoms with E-state index >= 15 is 0 Å². The van der Waals surface area contributed by atoms with Crippen molar-refractivity contribution in [1.29, 1.82) is 0 Å². The van der Waals surface area contributed by atoms with Crippen molar-refractivity contribution < 1.29 is 9.53 Å². The Labute approximate surface area is 154 Å². The predicted molar refractivity (Wildman–Crippen MR) is 99.3 cm³/mol. The predicted octanol–water partition coefficient (Wildman–Crippen LogP) is 2.69. The zero-order valence-electron chi connectivity index (χ0n) is 15.4. The zero-order chi connectivity index (χ0) is 18.1. The van der Waals surface area contributed by atoms with Gasteiger partial charge in [0.1, 0.15) is 17.0 Å². The number of nitrogens with zero attached hydrogens (tertiary/aromatic N) is 2. The van der Waals surface area contributed by atoms with Crippen LogP contribution in [0.2, 0.25) is 0 Å². The fourth-order valence-corrected chi connectivity index (χ4v) is 4.09. The van der Waals surface area contributed by atoms with Gasteiger partial charge in [-0.1, -0.05) is 25.1 Å². The summed E-state index contributed by atoms with van der Waals surface area (Å²) in [7, 11) is 2.15. The molecule has 2 aliphatic rings. The third-order valence-corrected chi connectivity index (χ3v) is 5.69. The van der Waals surface area contributed by atoms with E-state index in [0.717, 1.165) is 55.8 Å². The molecule has 0 radical (unpaired) electrons. The van der Waals surface area contributed by atoms with Crippen molar-refractivity contribution in [2.45, 2.75) is 44.2 Å². The molecule has 1 aromatic carbocycles. The number of para-hydroxylation sites is 1. The Balaban J connectivity index is 1.61. The van der Waals surface area contributed by atoms with E-state index in [1.807, 2.05) is 31.2 Å². The van der Waals surface area contributed by atoms with Crippen molar-refractivity contribution in [3.05, 3.63) is 47.5 Å². The minimum absolute atomic E-state index is 0.0581. The van der Waals surface area contributed by atoms with E-state index in [0.29, 0.717) is 5.69 Å². The summed E-state index contributed by atoms with van der Waals surface area (Å²) < 4.78 is 6.46. The number of likely N-dealkylation sites (tertiary alicyclic amines) is 1. The highest BCUT2D eigenvalue weighted by molar-refractivity contribution is 5.93. The second-order valence-corrected chi connectivity index (χ2v) is 7.44. The van der Waals surface area contributed by atoms with Crippen molar-refractivity contribution in [3.63, 3.8) is 0 Å². The molecule has 1 spiro atoms. The van der Waals surface area contributed by atoms with Gasteiger partial charge in [0.05, 0.1) is 12.4 Å². The normalized spacial score (nSPS) is 21.8. The van der Waals surface area contributed by atoms with E-state index in [1.165, 1.54) is 0 Å². The zero-order valence-corrected chi connectivity index (χ0v) is 15.4. The molecule has 6 nitrogen and oxygen atoms in total. The average molecular weight is 354 g/mol. The average Bonchev–Trinajstić information content (AvgIpc) is 3.13. The maximum Gasteiger partial charge on any atom is 0.272 e. The van der Waals surface area contributed by atoms with Crippen molar-refractivity contribution in [2.75, 3.05) is 20.1 Å². The van der Waals surface area contributed by atoms with Crippen molar-refractivity contribution in [1.82, 2.24) is 20.2 Å². The smallest absolute Gasteiger partial charge is 0.272 e. The Morgan fingerprint density at radius 2 is 2.15 bits per heavy atom. The molecule has 1 unspecified atom stereocenters. The van der Waals surface area contributed by atoms with Crippen LogP contribution in [0.25, 0.3) is 0 Å². The van der Waals surface area contributed by atoms with E-state index in [1.54, 1.807) is 6.33 Å². The van der Waals surface area contributed by atoms with Gasteiger partial charge in [0, 0.05) is 30.8 Å². The molecule has 1 atom stereocenters. The summed E-state index contributed by atoms with van der Waals surface area (Å²) in [5.41, 5.74) is 2.22. The molecular formula is C20H26N4O2. The van der Waals surface area contributed by atoms with Crippen LogP contribution < -0.4 is 10.1 Å². The van der Waals surface area contributed by atoms with Gasteiger partial charge in [-0.3, -0.25) is 4.79 Å². The lowest BCUT2D eigenvalue weighted by Gasteiger charge is -2.46. The molecule has 2 N–H and O–H groups in total. The van der Waals surface area contributed by atoms with Gasteiger partial charge in [-0.2, -0.15) is 0 Å². The number of ether oxygens (including phenoxy) is 1. The number of aromatic nitrogens is 2. The molecule has 1 amide bonds. The highest BCUT2D eigenvalue weighted by Gasteiger charge is 2.43. The summed E-state index contributed by atoms with van der Waals surface area (Å²) in [6, 6.07) is 8.00. The molecule has 1 fully saturated rings. The largest absolute Gasteiger partial charge is 0.487 e. The molecule has 3 heterocycles. The molecule has 2 aliphatic heterocycles. The molecule has 0 aliphatic carbocycles. The fraction of sp³-hybridized carbons (Fsp3) is 0.500. The number of piperidine rings is 1. The summed E-state index contributed by atoms with van der Waals surface area (Å²) in [4.78, 5) is 22.4. The Morgan fingerprint density at radius 3 is 2.92 bits per heavy atom. The minimum atomic E-state index is -0.196. The molecule has 2 aromatic rings. The second-order valence-electron chi connectivity index (χ2n) is 7.44. The third kappa shape index (κ3) is 3.09. The molecule has 0 saturated carbocycles. The van der Waals surface area contributed by atoms with Crippen LogP contribution in [0.15, 0.2) is 30.6 Å². The number of rotatable bonds is 3. The lowest BCUT2D eigenvalue weighted by atomic mass is 9.80. The minimum Gasteiger partial charge on any atom is -0.487 e. The Bertz CT molecular complexity index is 793. The van der Waals surface area contributed by atoms with Gasteiger partial charge in [-0.05, 0) is 32.4 Å². The molecule has 138 valence electrons. The number of fused-ring (bicyclic) bond motifs is 1. The quantitative estimate of drug-likeness (QED) is 0.889. The maximum absolute atomic E-state index is 12.8. The van der Waals surface area contributed by atoms with Crippen LogP contribution in [0.3, 0.4) is 0 Å². The van der Waals surface area contributed by atoms with Crippen LogP contribution in [-0.2, 0) is 6.42 Å². The highest BCUT2D eigenvalue weighted by atomic mass is 16.5. The molecule has 0 bridgehead atoms. The van der Waals surface area contributed by atoms with Crippen molar-refractivity contribution >= 4 is 5.91 Å². The highest BCUT2D eigenvalue weighted by Crippen LogP contribution is 2.44. The number of amides is 1. The molecule has 1 saturated heterocycles. The summed E-state index contributed by atoms with van der Waals surface area (Å²) in [5, 5.41) is 3.22. The molecule has 4 rings (SSSR count). The second kappa shape index (κ2) is 6.76. The monoisotopic (exact) mass is 354 g/mol. The van der Waals surface area contributed by atoms with Crippen LogP contribution in [-0.4, -0.2) is 46.5 Å². The first kappa shape index (κ1) is 17.1. The number of carbonyl (C=O) groups is 1. The molecular weight excluding hydrogens is 328 g/mol. The van der Waals surface area contributed by atoms with Crippen LogP contribution in [0.5, 0.6) is 5.75 Å². The lowest BCUT2D eigenvalue weighted by Crippen LogP contribution is -2.51. The van der Waals surface area contributed by atoms with E-state index in [2.05, 4.69) is 27.2 Å². The fourth-order valence-electron chi connectivity index (χ4n) is 4.09. The number of aryl methyl sites for hydroxylation is 1. The summed E-state index contributed by atoms with van der Waals surface area (Å²) in [6.07, 6.45) is 5.10. The Hall–Kier alpha value is -2.34. The number of carbonyl (C=O) groups excluding carboxylic acids is 1. The van der Waals surface area contributed by atoms with Gasteiger partial charge < -0.3 is 19.9 Å². The number of H-pyrrole nitrogens is 1. The standard InChI is InChI=1S/C20H26N4O2/c1-3-15-18(22-13-21-15)19(25)23-16-12-20(8-10-24(2)11-9-20)26-17-7-5-4-6-14(16)17/h4-7,13,16H,3,8-12H2,1-2H3,(H,21,22)(H,23,25). The SMILES string of the molecule is CCc1[nH]cnc1C(=O)NC1CC2(CCN(C)CC2)Oc2ccccc21. The number of aromatic amines is 1. The van der Waals surface area contributed by atoms with Crippen LogP contribution in [0.4, 0.5) is 0 Å². The van der Waals surface area contributed by atoms with Crippen LogP contribution >= 0.6 is 0 Å².